The van der Waals surface area contributed by atoms with E-state index in [9.17, 15) is 24.4 Å². The largest absolute Gasteiger partial charge is 0.461 e. The van der Waals surface area contributed by atoms with Crippen LogP contribution in [-0.2, 0) is 9.59 Å². The Morgan fingerprint density at radius 1 is 0.978 bits per heavy atom. The molecule has 234 valence electrons. The molecule has 45 heavy (non-hydrogen) atoms. The first kappa shape index (κ1) is 31.3. The van der Waals surface area contributed by atoms with Crippen LogP contribution in [0.4, 0.5) is 5.69 Å². The third kappa shape index (κ3) is 7.17. The molecule has 0 saturated carbocycles. The highest BCUT2D eigenvalue weighted by Gasteiger charge is 2.32. The number of ketones is 1. The SMILES string of the molecule is Cc1cc2cc(N/C(N[C@H]3CCCCN(CC(=O)N4CCCC4)C3=O)=C(/C#N)C(=O)c3ccc(C(=O)N(C)C)cc3)ccc2o1. The molecule has 0 bridgehead atoms. The van der Waals surface area contributed by atoms with Crippen molar-refractivity contribution >= 4 is 40.2 Å². The molecular formula is C34H38N6O5. The first-order valence-corrected chi connectivity index (χ1v) is 15.3. The van der Waals surface area contributed by atoms with Gasteiger partial charge in [0, 0.05) is 55.9 Å². The second kappa shape index (κ2) is 13.7. The summed E-state index contributed by atoms with van der Waals surface area (Å²) in [6.45, 7) is 3.72. The zero-order chi connectivity index (χ0) is 32.1. The van der Waals surface area contributed by atoms with Crippen LogP contribution in [0.2, 0.25) is 0 Å². The van der Waals surface area contributed by atoms with E-state index < -0.39 is 11.8 Å². The molecule has 11 nitrogen and oxygen atoms in total. The molecule has 0 aliphatic carbocycles. The van der Waals surface area contributed by atoms with E-state index in [0.717, 1.165) is 36.8 Å². The summed E-state index contributed by atoms with van der Waals surface area (Å²) in [7, 11) is 3.28. The minimum Gasteiger partial charge on any atom is -0.461 e. The lowest BCUT2D eigenvalue weighted by Crippen LogP contribution is -2.49. The smallest absolute Gasteiger partial charge is 0.253 e. The van der Waals surface area contributed by atoms with Crippen molar-refractivity contribution in [3.05, 3.63) is 76.8 Å². The Morgan fingerprint density at radius 2 is 1.67 bits per heavy atom. The van der Waals surface area contributed by atoms with Gasteiger partial charge < -0.3 is 29.8 Å². The van der Waals surface area contributed by atoms with Crippen LogP contribution in [0.5, 0.6) is 0 Å². The van der Waals surface area contributed by atoms with Crippen molar-refractivity contribution in [2.45, 2.75) is 45.1 Å². The van der Waals surface area contributed by atoms with E-state index in [0.29, 0.717) is 42.9 Å². The lowest BCUT2D eigenvalue weighted by Gasteiger charge is -2.28. The van der Waals surface area contributed by atoms with Crippen molar-refractivity contribution in [1.82, 2.24) is 20.0 Å². The summed E-state index contributed by atoms with van der Waals surface area (Å²) in [6, 6.07) is 14.7. The van der Waals surface area contributed by atoms with E-state index >= 15 is 0 Å². The molecule has 2 saturated heterocycles. The van der Waals surface area contributed by atoms with Crippen LogP contribution in [0.3, 0.4) is 0 Å². The quantitative estimate of drug-likeness (QED) is 0.210. The summed E-state index contributed by atoms with van der Waals surface area (Å²) < 4.78 is 5.69. The number of Topliss-reactive ketones (excluding diaryl/α,β-unsaturated/α-hetero) is 1. The van der Waals surface area contributed by atoms with Crippen LogP contribution < -0.4 is 10.6 Å². The Kier molecular flexibility index (Phi) is 9.52. The van der Waals surface area contributed by atoms with Gasteiger partial charge in [0.25, 0.3) is 5.91 Å². The number of allylic oxidation sites excluding steroid dienone is 1. The first-order valence-electron chi connectivity index (χ1n) is 15.3. The van der Waals surface area contributed by atoms with E-state index in [1.165, 1.54) is 17.0 Å². The number of furan rings is 1. The minimum absolute atomic E-state index is 0.00204. The molecule has 11 heteroatoms. The van der Waals surface area contributed by atoms with Gasteiger partial charge in [-0.1, -0.05) is 12.1 Å². The van der Waals surface area contributed by atoms with Crippen molar-refractivity contribution in [3.8, 4) is 6.07 Å². The molecule has 2 aliphatic heterocycles. The number of hydrogen-bond acceptors (Lipinski definition) is 8. The van der Waals surface area contributed by atoms with Crippen LogP contribution in [0.1, 0.15) is 58.6 Å². The van der Waals surface area contributed by atoms with E-state index in [1.54, 1.807) is 48.2 Å². The van der Waals surface area contributed by atoms with Gasteiger partial charge in [-0.15, -0.1) is 0 Å². The number of nitrogens with zero attached hydrogens (tertiary/aromatic N) is 4. The van der Waals surface area contributed by atoms with Crippen molar-refractivity contribution < 1.29 is 23.6 Å². The number of benzene rings is 2. The molecule has 2 N–H and O–H groups in total. The fraction of sp³-hybridized carbons (Fsp3) is 0.382. The van der Waals surface area contributed by atoms with Gasteiger partial charge in [0.2, 0.25) is 17.6 Å². The molecule has 2 aliphatic rings. The van der Waals surface area contributed by atoms with Crippen molar-refractivity contribution in [2.24, 2.45) is 0 Å². The molecule has 1 atom stereocenters. The number of likely N-dealkylation sites (tertiary alicyclic amines) is 2. The molecule has 3 aromatic rings. The summed E-state index contributed by atoms with van der Waals surface area (Å²) in [5.41, 5.74) is 1.68. The zero-order valence-electron chi connectivity index (χ0n) is 25.9. The number of nitriles is 1. The fourth-order valence-electron chi connectivity index (χ4n) is 5.76. The van der Waals surface area contributed by atoms with Crippen LogP contribution in [0, 0.1) is 18.3 Å². The monoisotopic (exact) mass is 610 g/mol. The predicted molar refractivity (Wildman–Crippen MR) is 169 cm³/mol. The highest BCUT2D eigenvalue weighted by atomic mass is 16.3. The summed E-state index contributed by atoms with van der Waals surface area (Å²) in [6.07, 6.45) is 3.86. The maximum Gasteiger partial charge on any atom is 0.253 e. The van der Waals surface area contributed by atoms with Gasteiger partial charge >= 0.3 is 0 Å². The van der Waals surface area contributed by atoms with Gasteiger partial charge in [0.15, 0.2) is 0 Å². The standard InChI is InChI=1S/C34H38N6O5/c1-22-18-25-19-26(13-14-29(25)45-22)36-32(27(20-35)31(42)23-9-11-24(12-10-23)33(43)38(2)3)37-28-8-4-5-17-40(34(28)44)21-30(41)39-15-6-7-16-39/h9-14,18-19,28,36-37H,4-8,15-17,21H2,1-3H3/b32-27+/t28-/m0/s1. The molecule has 0 spiro atoms. The number of carbonyl (C=O) groups excluding carboxylic acids is 4. The summed E-state index contributed by atoms with van der Waals surface area (Å²) >= 11 is 0. The third-order valence-electron chi connectivity index (χ3n) is 8.18. The lowest BCUT2D eigenvalue weighted by molar-refractivity contribution is -0.140. The maximum atomic E-state index is 13.8. The number of amides is 3. The Hall–Kier alpha value is -5.11. The number of rotatable bonds is 9. The molecule has 5 rings (SSSR count). The Morgan fingerprint density at radius 3 is 2.36 bits per heavy atom. The van der Waals surface area contributed by atoms with E-state index in [4.69, 9.17) is 4.42 Å². The Labute approximate surface area is 262 Å². The molecule has 2 fully saturated rings. The lowest BCUT2D eigenvalue weighted by atomic mass is 10.0. The highest BCUT2D eigenvalue weighted by Crippen LogP contribution is 2.25. The molecule has 3 amide bonds. The molecule has 0 radical (unpaired) electrons. The summed E-state index contributed by atoms with van der Waals surface area (Å²) in [5.74, 6) is -0.272. The molecule has 1 aromatic heterocycles. The van der Waals surface area contributed by atoms with Gasteiger partial charge in [-0.2, -0.15) is 5.26 Å². The number of fused-ring (bicyclic) bond motifs is 1. The van der Waals surface area contributed by atoms with Crippen LogP contribution in [0.25, 0.3) is 11.0 Å². The Balaban J connectivity index is 1.47. The minimum atomic E-state index is -0.766. The summed E-state index contributed by atoms with van der Waals surface area (Å²) in [4.78, 5) is 57.7. The number of carbonyl (C=O) groups is 4. The number of hydrogen-bond donors (Lipinski definition) is 2. The normalized spacial score (nSPS) is 17.4. The van der Waals surface area contributed by atoms with E-state index in [2.05, 4.69) is 10.6 Å². The molecule has 0 unspecified atom stereocenters. The van der Waals surface area contributed by atoms with E-state index in [-0.39, 0.29) is 41.2 Å². The van der Waals surface area contributed by atoms with E-state index in [1.807, 2.05) is 25.1 Å². The van der Waals surface area contributed by atoms with Crippen molar-refractivity contribution in [1.29, 1.82) is 5.26 Å². The molecule has 3 heterocycles. The molecular weight excluding hydrogens is 572 g/mol. The third-order valence-corrected chi connectivity index (χ3v) is 8.18. The van der Waals surface area contributed by atoms with Gasteiger partial charge in [-0.25, -0.2) is 0 Å². The maximum absolute atomic E-state index is 13.8. The number of nitrogens with one attached hydrogen (secondary N) is 2. The highest BCUT2D eigenvalue weighted by molar-refractivity contribution is 6.12. The number of anilines is 1. The topological polar surface area (TPSA) is 139 Å². The van der Waals surface area contributed by atoms with Crippen molar-refractivity contribution in [3.63, 3.8) is 0 Å². The van der Waals surface area contributed by atoms with Crippen LogP contribution in [-0.4, -0.2) is 84.5 Å². The average molecular weight is 611 g/mol. The second-order valence-electron chi connectivity index (χ2n) is 11.7. The van der Waals surface area contributed by atoms with Gasteiger partial charge in [-0.3, -0.25) is 19.2 Å². The van der Waals surface area contributed by atoms with Gasteiger partial charge in [0.05, 0.1) is 6.54 Å². The predicted octanol–water partition coefficient (Wildman–Crippen LogP) is 4.07. The first-order chi connectivity index (χ1) is 21.6. The van der Waals surface area contributed by atoms with Gasteiger partial charge in [0.1, 0.15) is 34.8 Å². The van der Waals surface area contributed by atoms with Gasteiger partial charge in [-0.05, 0) is 75.4 Å². The zero-order valence-corrected chi connectivity index (χ0v) is 25.9. The molecule has 2 aromatic carbocycles. The van der Waals surface area contributed by atoms with Crippen LogP contribution in [0.15, 0.2) is 64.3 Å². The van der Waals surface area contributed by atoms with Crippen LogP contribution >= 0.6 is 0 Å². The number of aryl methyl sites for hydroxylation is 1. The average Bonchev–Trinajstić information content (AvgIpc) is 3.67. The van der Waals surface area contributed by atoms with Crippen molar-refractivity contribution in [2.75, 3.05) is 45.6 Å². The summed E-state index contributed by atoms with van der Waals surface area (Å²) in [5, 5.41) is 17.5. The Bertz CT molecular complexity index is 1680. The fourth-order valence-corrected chi connectivity index (χ4v) is 5.76. The second-order valence-corrected chi connectivity index (χ2v) is 11.7.